The lowest BCUT2D eigenvalue weighted by Gasteiger charge is -2.07. The van der Waals surface area contributed by atoms with Crippen LogP contribution in [0.1, 0.15) is 11.1 Å². The van der Waals surface area contributed by atoms with E-state index in [0.717, 1.165) is 11.3 Å². The number of nitrogens with one attached hydrogen (secondary N) is 1. The molecule has 0 radical (unpaired) electrons. The van der Waals surface area contributed by atoms with E-state index in [0.29, 0.717) is 11.3 Å². The number of hydrogen-bond donors (Lipinski definition) is 2. The van der Waals surface area contributed by atoms with Gasteiger partial charge >= 0.3 is 0 Å². The van der Waals surface area contributed by atoms with E-state index in [1.165, 1.54) is 0 Å². The summed E-state index contributed by atoms with van der Waals surface area (Å²) in [5.41, 5.74) is 2.97. The topological polar surface area (TPSA) is 107 Å². The van der Waals surface area contributed by atoms with Gasteiger partial charge in [0.2, 0.25) is 15.9 Å². The monoisotopic (exact) mass is 370 g/mol. The molecule has 0 fully saturated rings. The smallest absolute Gasteiger partial charge is 0.228 e. The highest BCUT2D eigenvalue weighted by Crippen LogP contribution is 2.13. The maximum Gasteiger partial charge on any atom is 0.228 e. The fourth-order valence-corrected chi connectivity index (χ4v) is 3.15. The number of carbonyl (C=O) groups excluding carboxylic acids is 1. The van der Waals surface area contributed by atoms with Crippen LogP contribution in [0.5, 0.6) is 0 Å². The van der Waals surface area contributed by atoms with Gasteiger partial charge in [-0.1, -0.05) is 24.3 Å². The van der Waals surface area contributed by atoms with E-state index < -0.39 is 10.0 Å². The van der Waals surface area contributed by atoms with Gasteiger partial charge < -0.3 is 5.32 Å². The summed E-state index contributed by atoms with van der Waals surface area (Å²) in [4.78, 5) is 12.2. The molecule has 0 aliphatic heterocycles. The summed E-state index contributed by atoms with van der Waals surface area (Å²) in [6.45, 7) is 0. The Morgan fingerprint density at radius 1 is 1.04 bits per heavy atom. The number of carbonyl (C=O) groups is 1. The van der Waals surface area contributed by atoms with Crippen LogP contribution in [0.4, 0.5) is 5.69 Å². The molecule has 0 saturated carbocycles. The summed E-state index contributed by atoms with van der Waals surface area (Å²) in [6.07, 6.45) is 3.79. The van der Waals surface area contributed by atoms with Gasteiger partial charge in [-0.3, -0.25) is 4.79 Å². The zero-order valence-corrected chi connectivity index (χ0v) is 14.7. The molecule has 0 unspecified atom stereocenters. The number of hydrogen-bond acceptors (Lipinski definition) is 4. The van der Waals surface area contributed by atoms with Gasteiger partial charge in [0.15, 0.2) is 0 Å². The molecule has 8 heteroatoms. The van der Waals surface area contributed by atoms with Crippen molar-refractivity contribution >= 4 is 21.6 Å². The molecule has 1 amide bonds. The predicted octanol–water partition coefficient (Wildman–Crippen LogP) is 1.84. The van der Waals surface area contributed by atoms with E-state index in [2.05, 4.69) is 10.4 Å². The lowest BCUT2D eigenvalue weighted by atomic mass is 10.1. The Balaban J connectivity index is 1.58. The molecule has 0 atom stereocenters. The molecule has 0 saturated heterocycles. The lowest BCUT2D eigenvalue weighted by molar-refractivity contribution is -0.115. The first-order chi connectivity index (χ1) is 12.4. The Bertz CT molecular complexity index is 980. The summed E-state index contributed by atoms with van der Waals surface area (Å²) in [6, 6.07) is 16.0. The van der Waals surface area contributed by atoms with Crippen molar-refractivity contribution in [2.45, 2.75) is 12.2 Å². The summed E-state index contributed by atoms with van der Waals surface area (Å²) in [5.74, 6) is -0.389. The van der Waals surface area contributed by atoms with Crippen LogP contribution in [0.15, 0.2) is 67.0 Å². The normalized spacial score (nSPS) is 11.3. The number of rotatable bonds is 6. The number of aromatic nitrogens is 2. The molecule has 3 aromatic rings. The maximum absolute atomic E-state index is 12.2. The zero-order chi connectivity index (χ0) is 18.6. The van der Waals surface area contributed by atoms with Gasteiger partial charge in [-0.05, 0) is 41.5 Å². The fourth-order valence-electron chi connectivity index (χ4n) is 2.50. The van der Waals surface area contributed by atoms with Gasteiger partial charge in [0.05, 0.1) is 17.9 Å². The van der Waals surface area contributed by atoms with Crippen molar-refractivity contribution < 1.29 is 13.2 Å². The molecule has 2 aromatic carbocycles. The van der Waals surface area contributed by atoms with Crippen LogP contribution in [-0.2, 0) is 27.0 Å². The van der Waals surface area contributed by atoms with Crippen molar-refractivity contribution in [1.29, 1.82) is 0 Å². The third-order valence-electron chi connectivity index (χ3n) is 3.68. The average molecular weight is 370 g/mol. The van der Waals surface area contributed by atoms with E-state index in [4.69, 9.17) is 5.14 Å². The van der Waals surface area contributed by atoms with Gasteiger partial charge in [0, 0.05) is 18.1 Å². The zero-order valence-electron chi connectivity index (χ0n) is 13.9. The molecule has 1 heterocycles. The lowest BCUT2D eigenvalue weighted by Crippen LogP contribution is -2.15. The van der Waals surface area contributed by atoms with Gasteiger partial charge in [-0.25, -0.2) is 18.2 Å². The van der Waals surface area contributed by atoms with E-state index in [1.807, 2.05) is 36.5 Å². The first kappa shape index (κ1) is 17.8. The standard InChI is InChI=1S/C18H18N4O3S/c19-26(24,25)13-15-2-6-16(7-3-15)21-18(23)12-14-4-8-17(9-5-14)22-11-1-10-20-22/h1-11H,12-13H2,(H,21,23)(H2,19,24,25). The van der Waals surface area contributed by atoms with Crippen molar-refractivity contribution in [3.05, 3.63) is 78.1 Å². The average Bonchev–Trinajstić information content (AvgIpc) is 3.10. The Morgan fingerprint density at radius 2 is 1.69 bits per heavy atom. The first-order valence-electron chi connectivity index (χ1n) is 7.87. The van der Waals surface area contributed by atoms with Crippen LogP contribution in [0.3, 0.4) is 0 Å². The highest BCUT2D eigenvalue weighted by molar-refractivity contribution is 7.88. The quantitative estimate of drug-likeness (QED) is 0.690. The predicted molar refractivity (Wildman–Crippen MR) is 99.2 cm³/mol. The van der Waals surface area contributed by atoms with E-state index in [9.17, 15) is 13.2 Å². The second-order valence-corrected chi connectivity index (χ2v) is 7.46. The van der Waals surface area contributed by atoms with Crippen molar-refractivity contribution in [1.82, 2.24) is 9.78 Å². The number of amides is 1. The van der Waals surface area contributed by atoms with E-state index in [-0.39, 0.29) is 18.1 Å². The minimum atomic E-state index is -3.57. The molecule has 3 N–H and O–H groups in total. The van der Waals surface area contributed by atoms with Crippen LogP contribution in [0.25, 0.3) is 5.69 Å². The summed E-state index contributed by atoms with van der Waals surface area (Å²) >= 11 is 0. The van der Waals surface area contributed by atoms with Gasteiger partial charge in [-0.15, -0.1) is 0 Å². The number of nitrogens with zero attached hydrogens (tertiary/aromatic N) is 2. The Morgan fingerprint density at radius 3 is 2.27 bits per heavy atom. The fraction of sp³-hybridized carbons (Fsp3) is 0.111. The Labute approximate surface area is 151 Å². The van der Waals surface area contributed by atoms with Gasteiger partial charge in [0.1, 0.15) is 0 Å². The van der Waals surface area contributed by atoms with E-state index >= 15 is 0 Å². The highest BCUT2D eigenvalue weighted by atomic mass is 32.2. The molecule has 26 heavy (non-hydrogen) atoms. The van der Waals surface area contributed by atoms with Crippen LogP contribution in [0, 0.1) is 0 Å². The number of benzene rings is 2. The van der Waals surface area contributed by atoms with Crippen molar-refractivity contribution in [2.75, 3.05) is 5.32 Å². The van der Waals surface area contributed by atoms with Gasteiger partial charge in [0.25, 0.3) is 0 Å². The number of nitrogens with two attached hydrogens (primary N) is 1. The SMILES string of the molecule is NS(=O)(=O)Cc1ccc(NC(=O)Cc2ccc(-n3cccn3)cc2)cc1. The molecule has 7 nitrogen and oxygen atoms in total. The van der Waals surface area contributed by atoms with Crippen LogP contribution in [-0.4, -0.2) is 24.1 Å². The minimum Gasteiger partial charge on any atom is -0.326 e. The summed E-state index contributed by atoms with van der Waals surface area (Å²) in [5, 5.41) is 12.0. The van der Waals surface area contributed by atoms with Gasteiger partial charge in [-0.2, -0.15) is 5.10 Å². The van der Waals surface area contributed by atoms with E-state index in [1.54, 1.807) is 35.1 Å². The number of primary sulfonamides is 1. The summed E-state index contributed by atoms with van der Waals surface area (Å²) < 4.78 is 23.9. The molecule has 0 bridgehead atoms. The van der Waals surface area contributed by atoms with Crippen LogP contribution < -0.4 is 10.5 Å². The molecule has 0 spiro atoms. The van der Waals surface area contributed by atoms with Crippen molar-refractivity contribution in [2.24, 2.45) is 5.14 Å². The largest absolute Gasteiger partial charge is 0.326 e. The highest BCUT2D eigenvalue weighted by Gasteiger charge is 2.07. The summed E-state index contributed by atoms with van der Waals surface area (Å²) in [7, 11) is -3.57. The molecule has 1 aromatic heterocycles. The first-order valence-corrected chi connectivity index (χ1v) is 9.59. The molecule has 0 aliphatic rings. The van der Waals surface area contributed by atoms with Crippen LogP contribution >= 0.6 is 0 Å². The second kappa shape index (κ2) is 7.51. The van der Waals surface area contributed by atoms with Crippen molar-refractivity contribution in [3.8, 4) is 5.69 Å². The maximum atomic E-state index is 12.2. The van der Waals surface area contributed by atoms with Crippen LogP contribution in [0.2, 0.25) is 0 Å². The molecular formula is C18H18N4O3S. The third kappa shape index (κ3) is 5.01. The number of anilines is 1. The Kier molecular flexibility index (Phi) is 5.15. The molecular weight excluding hydrogens is 352 g/mol. The Hall–Kier alpha value is -2.97. The molecule has 3 rings (SSSR count). The third-order valence-corrected chi connectivity index (χ3v) is 4.41. The second-order valence-electron chi connectivity index (χ2n) is 5.85. The number of sulfonamides is 1. The molecule has 134 valence electrons. The minimum absolute atomic E-state index is 0.156. The molecule has 0 aliphatic carbocycles. The van der Waals surface area contributed by atoms with Crippen molar-refractivity contribution in [3.63, 3.8) is 0 Å².